The second-order valence-corrected chi connectivity index (χ2v) is 5.50. The topological polar surface area (TPSA) is 38.0 Å². The molecule has 3 heteroatoms. The Bertz CT molecular complexity index is 372. The van der Waals surface area contributed by atoms with E-state index in [-0.39, 0.29) is 0 Å². The van der Waals surface area contributed by atoms with Gasteiger partial charge in [0.1, 0.15) is 0 Å². The first kappa shape index (κ1) is 12.6. The van der Waals surface area contributed by atoms with Crippen molar-refractivity contribution in [2.75, 3.05) is 11.1 Å². The van der Waals surface area contributed by atoms with Gasteiger partial charge in [-0.25, -0.2) is 0 Å². The molecule has 1 unspecified atom stereocenters. The Morgan fingerprint density at radius 1 is 1.29 bits per heavy atom. The third-order valence-electron chi connectivity index (χ3n) is 3.75. The van der Waals surface area contributed by atoms with Crippen LogP contribution in [0.2, 0.25) is 5.02 Å². The Hall–Kier alpha value is -0.890. The number of nitrogen functional groups attached to an aromatic ring is 1. The summed E-state index contributed by atoms with van der Waals surface area (Å²) in [5, 5.41) is 4.22. The Balaban J connectivity index is 1.99. The van der Waals surface area contributed by atoms with E-state index in [2.05, 4.69) is 12.2 Å². The molecule has 1 fully saturated rings. The number of benzene rings is 1. The molecule has 2 nitrogen and oxygen atoms in total. The molecule has 0 aromatic heterocycles. The van der Waals surface area contributed by atoms with Gasteiger partial charge in [-0.2, -0.15) is 0 Å². The quantitative estimate of drug-likeness (QED) is 0.787. The van der Waals surface area contributed by atoms with Crippen LogP contribution in [0.3, 0.4) is 0 Å². The Labute approximate surface area is 109 Å². The molecule has 1 aromatic rings. The third-order valence-corrected chi connectivity index (χ3v) is 3.99. The Kier molecular flexibility index (Phi) is 4.16. The van der Waals surface area contributed by atoms with Gasteiger partial charge in [-0.05, 0) is 43.9 Å². The molecular formula is C14H21ClN2. The molecular weight excluding hydrogens is 232 g/mol. The van der Waals surface area contributed by atoms with Crippen LogP contribution in [-0.4, -0.2) is 6.04 Å². The minimum absolute atomic E-state index is 0.485. The van der Waals surface area contributed by atoms with Crippen molar-refractivity contribution in [1.29, 1.82) is 0 Å². The zero-order valence-corrected chi connectivity index (χ0v) is 11.1. The molecule has 3 N–H and O–H groups in total. The largest absolute Gasteiger partial charge is 0.397 e. The molecule has 0 saturated heterocycles. The molecule has 17 heavy (non-hydrogen) atoms. The number of hydrogen-bond donors (Lipinski definition) is 2. The number of nitrogens with two attached hydrogens (primary N) is 1. The molecule has 0 radical (unpaired) electrons. The van der Waals surface area contributed by atoms with Crippen molar-refractivity contribution in [3.05, 3.63) is 23.2 Å². The van der Waals surface area contributed by atoms with Crippen molar-refractivity contribution in [3.63, 3.8) is 0 Å². The summed E-state index contributed by atoms with van der Waals surface area (Å²) in [5.74, 6) is 0.777. The second-order valence-electron chi connectivity index (χ2n) is 5.06. The molecule has 1 aliphatic rings. The van der Waals surface area contributed by atoms with Crippen LogP contribution in [-0.2, 0) is 0 Å². The maximum absolute atomic E-state index is 5.95. The number of anilines is 2. The molecule has 94 valence electrons. The van der Waals surface area contributed by atoms with Crippen LogP contribution in [0.25, 0.3) is 0 Å². The van der Waals surface area contributed by atoms with Gasteiger partial charge in [-0.1, -0.05) is 30.9 Å². The lowest BCUT2D eigenvalue weighted by Crippen LogP contribution is -2.28. The van der Waals surface area contributed by atoms with Crippen LogP contribution in [0.1, 0.15) is 39.0 Å². The summed E-state index contributed by atoms with van der Waals surface area (Å²) in [4.78, 5) is 0. The maximum atomic E-state index is 5.95. The van der Waals surface area contributed by atoms with Crippen molar-refractivity contribution >= 4 is 23.0 Å². The van der Waals surface area contributed by atoms with Gasteiger partial charge in [-0.3, -0.25) is 0 Å². The van der Waals surface area contributed by atoms with E-state index in [0.29, 0.717) is 11.1 Å². The number of hydrogen-bond acceptors (Lipinski definition) is 2. The average molecular weight is 253 g/mol. The summed E-state index contributed by atoms with van der Waals surface area (Å²) >= 11 is 5.89. The molecule has 0 spiro atoms. The van der Waals surface area contributed by atoms with Crippen LogP contribution in [0.4, 0.5) is 11.4 Å². The molecule has 1 aromatic carbocycles. The van der Waals surface area contributed by atoms with Gasteiger partial charge in [0.2, 0.25) is 0 Å². The highest BCUT2D eigenvalue weighted by atomic mass is 35.5. The highest BCUT2D eigenvalue weighted by molar-refractivity contribution is 6.31. The minimum atomic E-state index is 0.485. The molecule has 0 aliphatic heterocycles. The number of nitrogens with one attached hydrogen (secondary N) is 1. The van der Waals surface area contributed by atoms with Crippen LogP contribution in [0.5, 0.6) is 0 Å². The Morgan fingerprint density at radius 3 is 2.65 bits per heavy atom. The number of rotatable bonds is 3. The third kappa shape index (κ3) is 3.29. The predicted octanol–water partition coefficient (Wildman–Crippen LogP) is 4.30. The minimum Gasteiger partial charge on any atom is -0.397 e. The summed E-state index contributed by atoms with van der Waals surface area (Å²) in [6, 6.07) is 6.14. The highest BCUT2D eigenvalue weighted by Crippen LogP contribution is 2.30. The summed E-state index contributed by atoms with van der Waals surface area (Å²) in [6.45, 7) is 2.25. The van der Waals surface area contributed by atoms with E-state index in [1.807, 2.05) is 12.1 Å². The van der Waals surface area contributed by atoms with Crippen molar-refractivity contribution in [2.45, 2.75) is 45.1 Å². The van der Waals surface area contributed by atoms with Gasteiger partial charge in [0, 0.05) is 11.1 Å². The van der Waals surface area contributed by atoms with Gasteiger partial charge in [0.25, 0.3) is 0 Å². The normalized spacial score (nSPS) is 18.9. The predicted molar refractivity (Wildman–Crippen MR) is 75.5 cm³/mol. The lowest BCUT2D eigenvalue weighted by atomic mass is 9.84. The molecule has 2 rings (SSSR count). The van der Waals surface area contributed by atoms with E-state index < -0.39 is 0 Å². The summed E-state index contributed by atoms with van der Waals surface area (Å²) in [6.07, 6.45) is 6.80. The van der Waals surface area contributed by atoms with E-state index in [1.54, 1.807) is 6.07 Å². The first-order valence-corrected chi connectivity index (χ1v) is 6.86. The lowest BCUT2D eigenvalue weighted by Gasteiger charge is -2.29. The monoisotopic (exact) mass is 252 g/mol. The fourth-order valence-corrected chi connectivity index (χ4v) is 2.84. The molecule has 1 atom stereocenters. The van der Waals surface area contributed by atoms with E-state index in [4.69, 9.17) is 17.3 Å². The van der Waals surface area contributed by atoms with Crippen molar-refractivity contribution in [1.82, 2.24) is 0 Å². The van der Waals surface area contributed by atoms with Crippen molar-refractivity contribution in [2.24, 2.45) is 5.92 Å². The number of halogens is 1. The summed E-state index contributed by atoms with van der Waals surface area (Å²) in [7, 11) is 0. The molecule has 0 bridgehead atoms. The van der Waals surface area contributed by atoms with Crippen molar-refractivity contribution < 1.29 is 0 Å². The van der Waals surface area contributed by atoms with Crippen LogP contribution < -0.4 is 11.1 Å². The van der Waals surface area contributed by atoms with Gasteiger partial charge in [-0.15, -0.1) is 0 Å². The van der Waals surface area contributed by atoms with Crippen molar-refractivity contribution in [3.8, 4) is 0 Å². The fourth-order valence-electron chi connectivity index (χ4n) is 2.66. The first-order chi connectivity index (χ1) is 8.16. The van der Waals surface area contributed by atoms with Gasteiger partial charge >= 0.3 is 0 Å². The maximum Gasteiger partial charge on any atom is 0.0577 e. The standard InChI is InChI=1S/C14H21ClN2/c1-10(11-5-3-2-4-6-11)17-14-8-7-12(15)9-13(14)16/h7-11,17H,2-6,16H2,1H3. The van der Waals surface area contributed by atoms with Crippen LogP contribution in [0, 0.1) is 5.92 Å². The van der Waals surface area contributed by atoms with E-state index in [0.717, 1.165) is 17.3 Å². The molecule has 0 heterocycles. The van der Waals surface area contributed by atoms with E-state index in [9.17, 15) is 0 Å². The molecule has 1 aliphatic carbocycles. The zero-order chi connectivity index (χ0) is 12.3. The fraction of sp³-hybridized carbons (Fsp3) is 0.571. The smallest absolute Gasteiger partial charge is 0.0577 e. The average Bonchev–Trinajstić information content (AvgIpc) is 2.34. The zero-order valence-electron chi connectivity index (χ0n) is 10.4. The highest BCUT2D eigenvalue weighted by Gasteiger charge is 2.20. The lowest BCUT2D eigenvalue weighted by molar-refractivity contribution is 0.328. The first-order valence-electron chi connectivity index (χ1n) is 6.48. The summed E-state index contributed by atoms with van der Waals surface area (Å²) in [5.41, 5.74) is 7.70. The summed E-state index contributed by atoms with van der Waals surface area (Å²) < 4.78 is 0. The van der Waals surface area contributed by atoms with Crippen LogP contribution >= 0.6 is 11.6 Å². The molecule has 1 saturated carbocycles. The molecule has 0 amide bonds. The van der Waals surface area contributed by atoms with Gasteiger partial charge < -0.3 is 11.1 Å². The van der Waals surface area contributed by atoms with Gasteiger partial charge in [0.15, 0.2) is 0 Å². The van der Waals surface area contributed by atoms with Crippen LogP contribution in [0.15, 0.2) is 18.2 Å². The second kappa shape index (κ2) is 5.63. The van der Waals surface area contributed by atoms with E-state index >= 15 is 0 Å². The SMILES string of the molecule is CC(Nc1ccc(Cl)cc1N)C1CCCCC1. The Morgan fingerprint density at radius 2 is 2.00 bits per heavy atom. The van der Waals surface area contributed by atoms with Gasteiger partial charge in [0.05, 0.1) is 11.4 Å². The van der Waals surface area contributed by atoms with E-state index in [1.165, 1.54) is 32.1 Å².